The van der Waals surface area contributed by atoms with E-state index in [1.165, 1.54) is 32.2 Å². The van der Waals surface area contributed by atoms with Crippen LogP contribution in [-0.4, -0.2) is 30.7 Å². The molecule has 0 aliphatic rings. The van der Waals surface area contributed by atoms with E-state index in [1.807, 2.05) is 0 Å². The first-order chi connectivity index (χ1) is 8.86. The van der Waals surface area contributed by atoms with Crippen LogP contribution in [0.25, 0.3) is 0 Å². The minimum absolute atomic E-state index is 0.0310. The molecule has 0 aliphatic heterocycles. The number of phenolic OH excluding ortho intramolecular Hbond substituents is 1. The van der Waals surface area contributed by atoms with Crippen molar-refractivity contribution >= 4 is 5.97 Å². The van der Waals surface area contributed by atoms with E-state index in [0.717, 1.165) is 0 Å². The average molecular weight is 275 g/mol. The van der Waals surface area contributed by atoms with Crippen molar-refractivity contribution < 1.29 is 28.2 Å². The molecule has 1 aromatic carbocycles. The number of halogens is 2. The number of phenols is 1. The van der Waals surface area contributed by atoms with Gasteiger partial charge in [0.2, 0.25) is 0 Å². The lowest BCUT2D eigenvalue weighted by Crippen LogP contribution is -2.41. The average Bonchev–Trinajstić information content (AvgIpc) is 2.37. The number of esters is 1. The standard InChI is InChI=1S/C12H15F2NO4/c1-3-19-11(17)12(13,14)10(15)9-7(16)5-4-6-8(9)18-2/h4-6,10,16H,3,15H2,1-2H3/t10-/m0/s1. The molecule has 0 heterocycles. The van der Waals surface area contributed by atoms with Gasteiger partial charge in [0.25, 0.3) is 0 Å². The first kappa shape index (κ1) is 15.2. The fourth-order valence-corrected chi connectivity index (χ4v) is 1.56. The number of benzene rings is 1. The minimum atomic E-state index is -3.97. The van der Waals surface area contributed by atoms with E-state index >= 15 is 0 Å². The van der Waals surface area contributed by atoms with Crippen LogP contribution in [0.15, 0.2) is 18.2 Å². The third kappa shape index (κ3) is 2.93. The van der Waals surface area contributed by atoms with Crippen LogP contribution in [0.5, 0.6) is 11.5 Å². The van der Waals surface area contributed by atoms with Crippen LogP contribution in [0.3, 0.4) is 0 Å². The van der Waals surface area contributed by atoms with Crippen molar-refractivity contribution in [3.8, 4) is 11.5 Å². The maximum absolute atomic E-state index is 13.8. The Kier molecular flexibility index (Phi) is 4.66. The van der Waals surface area contributed by atoms with E-state index in [-0.39, 0.29) is 17.9 Å². The Bertz CT molecular complexity index is 465. The Labute approximate surface area is 108 Å². The van der Waals surface area contributed by atoms with Crippen LogP contribution in [-0.2, 0) is 9.53 Å². The SMILES string of the molecule is CCOC(=O)C(F)(F)[C@@H](N)c1c(O)cccc1OC. The number of hydrogen-bond acceptors (Lipinski definition) is 5. The van der Waals surface area contributed by atoms with Crippen molar-refractivity contribution in [1.29, 1.82) is 0 Å². The molecule has 3 N–H and O–H groups in total. The molecular formula is C12H15F2NO4. The number of hydrogen-bond donors (Lipinski definition) is 2. The van der Waals surface area contributed by atoms with Crippen molar-refractivity contribution in [2.45, 2.75) is 18.9 Å². The largest absolute Gasteiger partial charge is 0.507 e. The summed E-state index contributed by atoms with van der Waals surface area (Å²) in [5, 5.41) is 9.62. The highest BCUT2D eigenvalue weighted by Gasteiger charge is 2.49. The molecule has 0 radical (unpaired) electrons. The molecule has 0 saturated heterocycles. The lowest BCUT2D eigenvalue weighted by molar-refractivity contribution is -0.174. The van der Waals surface area contributed by atoms with E-state index in [4.69, 9.17) is 10.5 Å². The number of rotatable bonds is 5. The van der Waals surface area contributed by atoms with Crippen molar-refractivity contribution in [2.24, 2.45) is 5.73 Å². The molecule has 1 atom stereocenters. The number of ether oxygens (including phenoxy) is 2. The first-order valence-corrected chi connectivity index (χ1v) is 5.52. The Morgan fingerprint density at radius 1 is 1.53 bits per heavy atom. The van der Waals surface area contributed by atoms with Gasteiger partial charge in [0, 0.05) is 0 Å². The van der Waals surface area contributed by atoms with Crippen LogP contribution in [0.4, 0.5) is 8.78 Å². The van der Waals surface area contributed by atoms with Gasteiger partial charge in [-0.15, -0.1) is 0 Å². The van der Waals surface area contributed by atoms with Crippen LogP contribution in [0, 0.1) is 0 Å². The molecule has 0 aliphatic carbocycles. The third-order valence-electron chi connectivity index (χ3n) is 2.51. The van der Waals surface area contributed by atoms with Gasteiger partial charge < -0.3 is 20.3 Å². The lowest BCUT2D eigenvalue weighted by Gasteiger charge is -2.23. The molecule has 1 aromatic rings. The minimum Gasteiger partial charge on any atom is -0.507 e. The Morgan fingerprint density at radius 2 is 2.16 bits per heavy atom. The highest BCUT2D eigenvalue weighted by atomic mass is 19.3. The lowest BCUT2D eigenvalue weighted by atomic mass is 9.99. The van der Waals surface area contributed by atoms with Gasteiger partial charge >= 0.3 is 11.9 Å². The van der Waals surface area contributed by atoms with Gasteiger partial charge in [-0.25, -0.2) is 4.79 Å². The van der Waals surface area contributed by atoms with E-state index in [9.17, 15) is 18.7 Å². The quantitative estimate of drug-likeness (QED) is 0.798. The molecule has 0 bridgehead atoms. The number of alkyl halides is 2. The molecule has 19 heavy (non-hydrogen) atoms. The van der Waals surface area contributed by atoms with Gasteiger partial charge in [0.15, 0.2) is 0 Å². The molecule has 0 fully saturated rings. The fraction of sp³-hybridized carbons (Fsp3) is 0.417. The van der Waals surface area contributed by atoms with E-state index < -0.39 is 23.7 Å². The maximum atomic E-state index is 13.8. The molecule has 0 amide bonds. The van der Waals surface area contributed by atoms with E-state index in [0.29, 0.717) is 0 Å². The van der Waals surface area contributed by atoms with Gasteiger partial charge in [-0.3, -0.25) is 0 Å². The molecule has 0 aromatic heterocycles. The van der Waals surface area contributed by atoms with Gasteiger partial charge in [-0.2, -0.15) is 8.78 Å². The van der Waals surface area contributed by atoms with Crippen molar-refractivity contribution in [3.05, 3.63) is 23.8 Å². The Balaban J connectivity index is 3.19. The smallest absolute Gasteiger partial charge is 0.379 e. The maximum Gasteiger partial charge on any atom is 0.379 e. The second-order valence-corrected chi connectivity index (χ2v) is 3.71. The number of carbonyl (C=O) groups is 1. The summed E-state index contributed by atoms with van der Waals surface area (Å²) < 4.78 is 36.8. The Hall–Kier alpha value is -1.89. The normalized spacial score (nSPS) is 12.9. The number of carbonyl (C=O) groups excluding carboxylic acids is 1. The summed E-state index contributed by atoms with van der Waals surface area (Å²) in [5.74, 6) is -6.22. The number of nitrogens with two attached hydrogens (primary N) is 1. The number of methoxy groups -OCH3 is 1. The van der Waals surface area contributed by atoms with E-state index in [2.05, 4.69) is 4.74 Å². The fourth-order valence-electron chi connectivity index (χ4n) is 1.56. The summed E-state index contributed by atoms with van der Waals surface area (Å²) in [4.78, 5) is 11.2. The zero-order chi connectivity index (χ0) is 14.6. The van der Waals surface area contributed by atoms with Crippen LogP contribution in [0.2, 0.25) is 0 Å². The summed E-state index contributed by atoms with van der Waals surface area (Å²) in [6, 6.07) is 1.88. The predicted octanol–water partition coefficient (Wildman–Crippen LogP) is 1.60. The second kappa shape index (κ2) is 5.83. The van der Waals surface area contributed by atoms with Gasteiger partial charge in [0.1, 0.15) is 17.5 Å². The molecule has 7 heteroatoms. The molecule has 0 saturated carbocycles. The molecular weight excluding hydrogens is 260 g/mol. The summed E-state index contributed by atoms with van der Waals surface area (Å²) in [7, 11) is 1.24. The van der Waals surface area contributed by atoms with Gasteiger partial charge in [0.05, 0.1) is 19.3 Å². The molecule has 0 spiro atoms. The first-order valence-electron chi connectivity index (χ1n) is 5.52. The summed E-state index contributed by atoms with van der Waals surface area (Å²) in [6.07, 6.45) is 0. The second-order valence-electron chi connectivity index (χ2n) is 3.71. The monoisotopic (exact) mass is 275 g/mol. The van der Waals surface area contributed by atoms with Crippen LogP contribution >= 0.6 is 0 Å². The number of aromatic hydroxyl groups is 1. The van der Waals surface area contributed by atoms with Crippen molar-refractivity contribution in [1.82, 2.24) is 0 Å². The summed E-state index contributed by atoms with van der Waals surface area (Å²) >= 11 is 0. The third-order valence-corrected chi connectivity index (χ3v) is 2.51. The van der Waals surface area contributed by atoms with Crippen molar-refractivity contribution in [2.75, 3.05) is 13.7 Å². The van der Waals surface area contributed by atoms with E-state index in [1.54, 1.807) is 0 Å². The molecule has 1 rings (SSSR count). The molecule has 0 unspecified atom stereocenters. The zero-order valence-corrected chi connectivity index (χ0v) is 10.5. The van der Waals surface area contributed by atoms with Gasteiger partial charge in [-0.1, -0.05) is 6.07 Å². The predicted molar refractivity (Wildman–Crippen MR) is 63.2 cm³/mol. The summed E-state index contributed by atoms with van der Waals surface area (Å²) in [5.41, 5.74) is 5.05. The van der Waals surface area contributed by atoms with Crippen molar-refractivity contribution in [3.63, 3.8) is 0 Å². The summed E-state index contributed by atoms with van der Waals surface area (Å²) in [6.45, 7) is 1.21. The molecule has 5 nitrogen and oxygen atoms in total. The Morgan fingerprint density at radius 3 is 2.68 bits per heavy atom. The zero-order valence-electron chi connectivity index (χ0n) is 10.5. The highest BCUT2D eigenvalue weighted by Crippen LogP contribution is 2.40. The van der Waals surface area contributed by atoms with Crippen LogP contribution in [0.1, 0.15) is 18.5 Å². The molecule has 106 valence electrons. The van der Waals surface area contributed by atoms with Crippen LogP contribution < -0.4 is 10.5 Å². The highest BCUT2D eigenvalue weighted by molar-refractivity contribution is 5.79. The van der Waals surface area contributed by atoms with Gasteiger partial charge in [-0.05, 0) is 19.1 Å². The topological polar surface area (TPSA) is 81.8 Å².